The third-order valence-corrected chi connectivity index (χ3v) is 3.33. The summed E-state index contributed by atoms with van der Waals surface area (Å²) in [6.45, 7) is 3.01. The van der Waals surface area contributed by atoms with Gasteiger partial charge in [-0.25, -0.2) is 4.98 Å². The zero-order valence-corrected chi connectivity index (χ0v) is 10.9. The molecule has 3 rings (SSSR count). The van der Waals surface area contributed by atoms with E-state index in [1.165, 1.54) is 11.1 Å². The molecular weight excluding hydrogens is 236 g/mol. The first kappa shape index (κ1) is 11.8. The van der Waals surface area contributed by atoms with E-state index in [-0.39, 0.29) is 0 Å². The van der Waals surface area contributed by atoms with Gasteiger partial charge in [-0.05, 0) is 36.6 Å². The predicted molar refractivity (Wildman–Crippen MR) is 77.4 cm³/mol. The van der Waals surface area contributed by atoms with Crippen molar-refractivity contribution in [1.82, 2.24) is 4.98 Å². The largest absolute Gasteiger partial charge is 0.464 e. The van der Waals surface area contributed by atoms with Crippen LogP contribution in [-0.2, 0) is 6.42 Å². The number of hydrogen-bond acceptors (Lipinski definition) is 3. The number of hydrogen-bond donors (Lipinski definition) is 1. The summed E-state index contributed by atoms with van der Waals surface area (Å²) in [5, 5.41) is 4.41. The molecule has 0 bridgehead atoms. The van der Waals surface area contributed by atoms with Crippen LogP contribution in [0.4, 0.5) is 5.82 Å². The summed E-state index contributed by atoms with van der Waals surface area (Å²) in [5.41, 5.74) is 3.57. The van der Waals surface area contributed by atoms with Gasteiger partial charge in [-0.2, -0.15) is 0 Å². The summed E-state index contributed by atoms with van der Waals surface area (Å²) in [6, 6.07) is 12.3. The molecule has 1 aromatic carbocycles. The zero-order valence-electron chi connectivity index (χ0n) is 10.9. The highest BCUT2D eigenvalue weighted by Crippen LogP contribution is 2.21. The number of nitrogens with zero attached hydrogens (tertiary/aromatic N) is 1. The molecule has 3 nitrogen and oxygen atoms in total. The monoisotopic (exact) mass is 252 g/mol. The predicted octanol–water partition coefficient (Wildman–Crippen LogP) is 3.79. The van der Waals surface area contributed by atoms with Gasteiger partial charge in [0.25, 0.3) is 0 Å². The zero-order chi connectivity index (χ0) is 13.1. The van der Waals surface area contributed by atoms with E-state index >= 15 is 0 Å². The number of nitrogens with one attached hydrogen (secondary N) is 1. The fraction of sp³-hybridized carbons (Fsp3) is 0.188. The molecule has 19 heavy (non-hydrogen) atoms. The number of pyridine rings is 1. The molecule has 0 aliphatic rings. The van der Waals surface area contributed by atoms with Gasteiger partial charge < -0.3 is 9.73 Å². The number of benzene rings is 1. The molecule has 0 amide bonds. The second kappa shape index (κ2) is 5.14. The maximum atomic E-state index is 5.36. The van der Waals surface area contributed by atoms with Crippen LogP contribution in [0.1, 0.15) is 11.1 Å². The highest BCUT2D eigenvalue weighted by atomic mass is 16.3. The second-order valence-electron chi connectivity index (χ2n) is 4.60. The molecule has 0 spiro atoms. The number of anilines is 1. The van der Waals surface area contributed by atoms with Crippen molar-refractivity contribution >= 4 is 16.8 Å². The van der Waals surface area contributed by atoms with Crippen molar-refractivity contribution in [2.75, 3.05) is 11.9 Å². The fourth-order valence-corrected chi connectivity index (χ4v) is 2.24. The van der Waals surface area contributed by atoms with Gasteiger partial charge in [-0.15, -0.1) is 0 Å². The number of rotatable bonds is 4. The Morgan fingerprint density at radius 3 is 2.95 bits per heavy atom. The smallest absolute Gasteiger partial charge is 0.139 e. The van der Waals surface area contributed by atoms with E-state index in [1.54, 1.807) is 12.5 Å². The third kappa shape index (κ3) is 2.45. The maximum absolute atomic E-state index is 5.36. The van der Waals surface area contributed by atoms with Crippen LogP contribution in [0, 0.1) is 6.92 Å². The van der Waals surface area contributed by atoms with Crippen molar-refractivity contribution in [3.8, 4) is 0 Å². The third-order valence-electron chi connectivity index (χ3n) is 3.33. The summed E-state index contributed by atoms with van der Waals surface area (Å²) >= 11 is 0. The summed E-state index contributed by atoms with van der Waals surface area (Å²) in [6.07, 6.45) is 4.45. The van der Waals surface area contributed by atoms with Crippen LogP contribution >= 0.6 is 0 Å². The van der Waals surface area contributed by atoms with E-state index < -0.39 is 0 Å². The Hall–Kier alpha value is -2.29. The molecule has 0 atom stereocenters. The van der Waals surface area contributed by atoms with Gasteiger partial charge in [0, 0.05) is 12.7 Å². The fourth-order valence-electron chi connectivity index (χ4n) is 2.24. The standard InChI is InChI=1S/C16H16N2O/c1-12-4-2-3-5-13(12)6-9-17-16-14-8-11-19-15(14)7-10-18-16/h2-5,7-8,10-11H,6,9H2,1H3,(H,17,18). The summed E-state index contributed by atoms with van der Waals surface area (Å²) in [7, 11) is 0. The Labute approximate surface area is 112 Å². The van der Waals surface area contributed by atoms with Crippen molar-refractivity contribution in [1.29, 1.82) is 0 Å². The Morgan fingerprint density at radius 2 is 2.05 bits per heavy atom. The van der Waals surface area contributed by atoms with Gasteiger partial charge in [0.2, 0.25) is 0 Å². The van der Waals surface area contributed by atoms with E-state index in [4.69, 9.17) is 4.42 Å². The van der Waals surface area contributed by atoms with Crippen LogP contribution in [0.2, 0.25) is 0 Å². The Morgan fingerprint density at radius 1 is 1.16 bits per heavy atom. The van der Waals surface area contributed by atoms with E-state index in [0.717, 1.165) is 29.8 Å². The average Bonchev–Trinajstić information content (AvgIpc) is 2.90. The lowest BCUT2D eigenvalue weighted by atomic mass is 10.1. The second-order valence-corrected chi connectivity index (χ2v) is 4.60. The molecule has 96 valence electrons. The van der Waals surface area contributed by atoms with Crippen LogP contribution in [0.15, 0.2) is 53.3 Å². The van der Waals surface area contributed by atoms with E-state index in [1.807, 2.05) is 12.1 Å². The summed E-state index contributed by atoms with van der Waals surface area (Å²) in [4.78, 5) is 4.36. The lowest BCUT2D eigenvalue weighted by Crippen LogP contribution is -2.07. The van der Waals surface area contributed by atoms with Crippen LogP contribution < -0.4 is 5.32 Å². The van der Waals surface area contributed by atoms with Crippen LogP contribution in [0.25, 0.3) is 11.0 Å². The lowest BCUT2D eigenvalue weighted by molar-refractivity contribution is 0.615. The maximum Gasteiger partial charge on any atom is 0.139 e. The van der Waals surface area contributed by atoms with Crippen LogP contribution in [0.5, 0.6) is 0 Å². The number of aromatic nitrogens is 1. The van der Waals surface area contributed by atoms with Gasteiger partial charge >= 0.3 is 0 Å². The summed E-state index contributed by atoms with van der Waals surface area (Å²) < 4.78 is 5.36. The normalized spacial score (nSPS) is 10.8. The Bertz CT molecular complexity index is 688. The molecule has 1 N–H and O–H groups in total. The first-order valence-corrected chi connectivity index (χ1v) is 6.45. The number of furan rings is 1. The number of fused-ring (bicyclic) bond motifs is 1. The Kier molecular flexibility index (Phi) is 3.19. The molecule has 3 aromatic rings. The highest BCUT2D eigenvalue weighted by molar-refractivity contribution is 5.87. The molecule has 0 unspecified atom stereocenters. The lowest BCUT2D eigenvalue weighted by Gasteiger charge is -2.08. The van der Waals surface area contributed by atoms with Gasteiger partial charge in [-0.3, -0.25) is 0 Å². The molecule has 0 radical (unpaired) electrons. The van der Waals surface area contributed by atoms with Crippen LogP contribution in [-0.4, -0.2) is 11.5 Å². The van der Waals surface area contributed by atoms with Gasteiger partial charge in [0.15, 0.2) is 0 Å². The quantitative estimate of drug-likeness (QED) is 0.767. The van der Waals surface area contributed by atoms with Crippen molar-refractivity contribution < 1.29 is 4.42 Å². The minimum atomic E-state index is 0.863. The van der Waals surface area contributed by atoms with Crippen LogP contribution in [0.3, 0.4) is 0 Å². The molecule has 2 aromatic heterocycles. The first-order valence-electron chi connectivity index (χ1n) is 6.45. The minimum absolute atomic E-state index is 0.863. The molecular formula is C16H16N2O. The molecule has 0 fully saturated rings. The molecule has 0 aliphatic heterocycles. The number of aryl methyl sites for hydroxylation is 1. The van der Waals surface area contributed by atoms with E-state index in [2.05, 4.69) is 41.5 Å². The first-order chi connectivity index (χ1) is 9.34. The summed E-state index contributed by atoms with van der Waals surface area (Å²) in [5.74, 6) is 0.889. The van der Waals surface area contributed by atoms with Gasteiger partial charge in [0.1, 0.15) is 11.4 Å². The van der Waals surface area contributed by atoms with Crippen molar-refractivity contribution in [2.24, 2.45) is 0 Å². The van der Waals surface area contributed by atoms with E-state index in [0.29, 0.717) is 0 Å². The Balaban J connectivity index is 1.70. The van der Waals surface area contributed by atoms with Crippen molar-refractivity contribution in [3.05, 3.63) is 60.0 Å². The van der Waals surface area contributed by atoms with Gasteiger partial charge in [0.05, 0.1) is 11.6 Å². The van der Waals surface area contributed by atoms with Crippen molar-refractivity contribution in [2.45, 2.75) is 13.3 Å². The molecule has 0 saturated heterocycles. The average molecular weight is 252 g/mol. The minimum Gasteiger partial charge on any atom is -0.464 e. The molecule has 3 heteroatoms. The SMILES string of the molecule is Cc1ccccc1CCNc1nccc2occc12. The topological polar surface area (TPSA) is 38.1 Å². The highest BCUT2D eigenvalue weighted by Gasteiger charge is 2.04. The van der Waals surface area contributed by atoms with Gasteiger partial charge in [-0.1, -0.05) is 24.3 Å². The van der Waals surface area contributed by atoms with Crippen molar-refractivity contribution in [3.63, 3.8) is 0 Å². The molecule has 0 aliphatic carbocycles. The molecule has 2 heterocycles. The van der Waals surface area contributed by atoms with E-state index in [9.17, 15) is 0 Å². The molecule has 0 saturated carbocycles.